The molecule has 112 valence electrons. The SMILES string of the molecule is CNCCC(=O)NCc1ccc(OC)cc1C(F)(F)F. The van der Waals surface area contributed by atoms with E-state index in [0.29, 0.717) is 6.54 Å². The number of ether oxygens (including phenoxy) is 1. The second-order valence-electron chi connectivity index (χ2n) is 4.15. The van der Waals surface area contributed by atoms with Gasteiger partial charge in [-0.2, -0.15) is 13.2 Å². The van der Waals surface area contributed by atoms with E-state index in [1.165, 1.54) is 19.2 Å². The number of alkyl halides is 3. The maximum absolute atomic E-state index is 12.9. The largest absolute Gasteiger partial charge is 0.497 e. The Labute approximate surface area is 115 Å². The van der Waals surface area contributed by atoms with Crippen molar-refractivity contribution in [3.05, 3.63) is 29.3 Å². The van der Waals surface area contributed by atoms with E-state index >= 15 is 0 Å². The number of nitrogens with one attached hydrogen (secondary N) is 2. The van der Waals surface area contributed by atoms with E-state index in [2.05, 4.69) is 10.6 Å². The molecule has 0 spiro atoms. The molecule has 0 heterocycles. The third-order valence-corrected chi connectivity index (χ3v) is 2.70. The van der Waals surface area contributed by atoms with Crippen molar-refractivity contribution in [2.75, 3.05) is 20.7 Å². The molecule has 0 fully saturated rings. The Balaban J connectivity index is 2.81. The van der Waals surface area contributed by atoms with Crippen molar-refractivity contribution in [3.63, 3.8) is 0 Å². The van der Waals surface area contributed by atoms with Crippen molar-refractivity contribution >= 4 is 5.91 Å². The summed E-state index contributed by atoms with van der Waals surface area (Å²) in [4.78, 5) is 11.4. The Morgan fingerprint density at radius 1 is 1.35 bits per heavy atom. The van der Waals surface area contributed by atoms with Crippen molar-refractivity contribution < 1.29 is 22.7 Å². The van der Waals surface area contributed by atoms with Crippen LogP contribution in [0.25, 0.3) is 0 Å². The Kier molecular flexibility index (Phi) is 5.82. The highest BCUT2D eigenvalue weighted by Gasteiger charge is 2.33. The molecule has 0 aliphatic heterocycles. The first-order valence-electron chi connectivity index (χ1n) is 6.04. The van der Waals surface area contributed by atoms with Gasteiger partial charge in [-0.1, -0.05) is 6.07 Å². The highest BCUT2D eigenvalue weighted by molar-refractivity contribution is 5.76. The lowest BCUT2D eigenvalue weighted by Gasteiger charge is -2.14. The van der Waals surface area contributed by atoms with Crippen LogP contribution in [0.15, 0.2) is 18.2 Å². The zero-order chi connectivity index (χ0) is 15.2. The topological polar surface area (TPSA) is 50.4 Å². The average Bonchev–Trinajstić information content (AvgIpc) is 2.41. The van der Waals surface area contributed by atoms with Crippen LogP contribution >= 0.6 is 0 Å². The smallest absolute Gasteiger partial charge is 0.416 e. The van der Waals surface area contributed by atoms with Crippen molar-refractivity contribution in [3.8, 4) is 5.75 Å². The monoisotopic (exact) mass is 290 g/mol. The number of methoxy groups -OCH3 is 1. The van der Waals surface area contributed by atoms with Gasteiger partial charge < -0.3 is 15.4 Å². The first kappa shape index (κ1) is 16.3. The summed E-state index contributed by atoms with van der Waals surface area (Å²) in [6.45, 7) is 0.307. The van der Waals surface area contributed by atoms with E-state index in [-0.39, 0.29) is 30.2 Å². The molecule has 1 aromatic rings. The molecule has 20 heavy (non-hydrogen) atoms. The van der Waals surface area contributed by atoms with Gasteiger partial charge in [-0.3, -0.25) is 4.79 Å². The summed E-state index contributed by atoms with van der Waals surface area (Å²) in [5, 5.41) is 5.25. The van der Waals surface area contributed by atoms with Crippen molar-refractivity contribution in [1.29, 1.82) is 0 Å². The Hall–Kier alpha value is -1.76. The summed E-state index contributed by atoms with van der Waals surface area (Å²) < 4.78 is 43.5. The Morgan fingerprint density at radius 2 is 2.05 bits per heavy atom. The first-order valence-corrected chi connectivity index (χ1v) is 6.04. The van der Waals surface area contributed by atoms with E-state index < -0.39 is 11.7 Å². The fourth-order valence-electron chi connectivity index (χ4n) is 1.62. The van der Waals surface area contributed by atoms with Gasteiger partial charge in [0.2, 0.25) is 5.91 Å². The van der Waals surface area contributed by atoms with Gasteiger partial charge in [-0.25, -0.2) is 0 Å². The van der Waals surface area contributed by atoms with E-state index in [9.17, 15) is 18.0 Å². The van der Waals surface area contributed by atoms with Crippen molar-refractivity contribution in [2.45, 2.75) is 19.1 Å². The molecule has 4 nitrogen and oxygen atoms in total. The summed E-state index contributed by atoms with van der Waals surface area (Å²) in [6.07, 6.45) is -4.27. The summed E-state index contributed by atoms with van der Waals surface area (Å²) in [6, 6.07) is 3.67. The van der Waals surface area contributed by atoms with Crippen LogP contribution in [0, 0.1) is 0 Å². The standard InChI is InChI=1S/C13H17F3N2O2/c1-17-6-5-12(19)18-8-9-3-4-10(20-2)7-11(9)13(14,15)16/h3-4,7,17H,5-6,8H2,1-2H3,(H,18,19). The van der Waals surface area contributed by atoms with Crippen LogP contribution in [0.2, 0.25) is 0 Å². The van der Waals surface area contributed by atoms with Gasteiger partial charge in [0.25, 0.3) is 0 Å². The molecular weight excluding hydrogens is 273 g/mol. The molecule has 7 heteroatoms. The summed E-state index contributed by atoms with van der Waals surface area (Å²) >= 11 is 0. The predicted octanol–water partition coefficient (Wildman–Crippen LogP) is 1.94. The number of rotatable bonds is 6. The second-order valence-corrected chi connectivity index (χ2v) is 4.15. The van der Waals surface area contributed by atoms with Crippen LogP contribution in [-0.4, -0.2) is 26.6 Å². The van der Waals surface area contributed by atoms with Crippen molar-refractivity contribution in [1.82, 2.24) is 10.6 Å². The van der Waals surface area contributed by atoms with E-state index in [0.717, 1.165) is 6.07 Å². The third-order valence-electron chi connectivity index (χ3n) is 2.70. The molecule has 0 saturated heterocycles. The molecule has 0 unspecified atom stereocenters. The molecule has 0 atom stereocenters. The van der Waals surface area contributed by atoms with E-state index in [1.807, 2.05) is 0 Å². The van der Waals surface area contributed by atoms with Crippen LogP contribution in [0.5, 0.6) is 5.75 Å². The number of halogens is 3. The average molecular weight is 290 g/mol. The third kappa shape index (κ3) is 4.73. The molecule has 0 radical (unpaired) electrons. The maximum Gasteiger partial charge on any atom is 0.416 e. The van der Waals surface area contributed by atoms with Gasteiger partial charge in [-0.05, 0) is 24.7 Å². The van der Waals surface area contributed by atoms with Crippen LogP contribution in [0.1, 0.15) is 17.5 Å². The van der Waals surface area contributed by atoms with Gasteiger partial charge in [0, 0.05) is 19.5 Å². The molecule has 0 bridgehead atoms. The van der Waals surface area contributed by atoms with Gasteiger partial charge in [0.15, 0.2) is 0 Å². The summed E-state index contributed by atoms with van der Waals surface area (Å²) in [7, 11) is 2.99. The van der Waals surface area contributed by atoms with Crippen LogP contribution < -0.4 is 15.4 Å². The lowest BCUT2D eigenvalue weighted by molar-refractivity contribution is -0.138. The maximum atomic E-state index is 12.9. The number of amides is 1. The molecule has 2 N–H and O–H groups in total. The van der Waals surface area contributed by atoms with Crippen LogP contribution in [-0.2, 0) is 17.5 Å². The normalized spacial score (nSPS) is 11.2. The first-order chi connectivity index (χ1) is 9.38. The zero-order valence-corrected chi connectivity index (χ0v) is 11.3. The van der Waals surface area contributed by atoms with Gasteiger partial charge in [-0.15, -0.1) is 0 Å². The lowest BCUT2D eigenvalue weighted by Crippen LogP contribution is -2.27. The summed E-state index contributed by atoms with van der Waals surface area (Å²) in [5.41, 5.74) is -0.790. The second kappa shape index (κ2) is 7.14. The zero-order valence-electron chi connectivity index (χ0n) is 11.3. The molecule has 0 saturated carbocycles. The lowest BCUT2D eigenvalue weighted by atomic mass is 10.1. The fraction of sp³-hybridized carbons (Fsp3) is 0.462. The van der Waals surface area contributed by atoms with E-state index in [1.54, 1.807) is 7.05 Å². The number of carbonyl (C=O) groups is 1. The molecule has 0 aliphatic rings. The minimum Gasteiger partial charge on any atom is -0.497 e. The molecule has 1 aromatic carbocycles. The molecular formula is C13H17F3N2O2. The Morgan fingerprint density at radius 3 is 2.60 bits per heavy atom. The number of hydrogen-bond acceptors (Lipinski definition) is 3. The predicted molar refractivity (Wildman–Crippen MR) is 68.4 cm³/mol. The number of carbonyl (C=O) groups excluding carboxylic acids is 1. The van der Waals surface area contributed by atoms with Crippen LogP contribution in [0.4, 0.5) is 13.2 Å². The highest BCUT2D eigenvalue weighted by atomic mass is 19.4. The highest BCUT2D eigenvalue weighted by Crippen LogP contribution is 2.34. The van der Waals surface area contributed by atoms with Crippen molar-refractivity contribution in [2.24, 2.45) is 0 Å². The minimum atomic E-state index is -4.49. The molecule has 1 amide bonds. The fourth-order valence-corrected chi connectivity index (χ4v) is 1.62. The molecule has 0 aliphatic carbocycles. The minimum absolute atomic E-state index is 0.0103. The van der Waals surface area contributed by atoms with Gasteiger partial charge in [0.1, 0.15) is 5.75 Å². The molecule has 1 rings (SSSR count). The van der Waals surface area contributed by atoms with E-state index in [4.69, 9.17) is 4.74 Å². The number of hydrogen-bond donors (Lipinski definition) is 2. The van der Waals surface area contributed by atoms with Gasteiger partial charge in [0.05, 0.1) is 12.7 Å². The van der Waals surface area contributed by atoms with Gasteiger partial charge >= 0.3 is 6.18 Å². The van der Waals surface area contributed by atoms with Crippen LogP contribution in [0.3, 0.4) is 0 Å². The number of benzene rings is 1. The Bertz CT molecular complexity index is 461. The quantitative estimate of drug-likeness (QED) is 0.842. The molecule has 0 aromatic heterocycles. The summed E-state index contributed by atoms with van der Waals surface area (Å²) in [5.74, 6) is -0.175.